The van der Waals surface area contributed by atoms with Crippen LogP contribution in [0.1, 0.15) is 32.8 Å². The maximum Gasteiger partial charge on any atom is 0.0543 e. The van der Waals surface area contributed by atoms with E-state index < -0.39 is 0 Å². The number of hydrogen-bond acceptors (Lipinski definition) is 2. The predicted molar refractivity (Wildman–Crippen MR) is 54.6 cm³/mol. The molecule has 0 atom stereocenters. The van der Waals surface area contributed by atoms with Crippen LogP contribution in [0, 0.1) is 0 Å². The van der Waals surface area contributed by atoms with E-state index in [-0.39, 0.29) is 5.54 Å². The largest absolute Gasteiger partial charge is 0.330 e. The fourth-order valence-electron chi connectivity index (χ4n) is 1.16. The fraction of sp³-hybridized carbons (Fsp3) is 0.700. The molecule has 0 aromatic carbocycles. The van der Waals surface area contributed by atoms with Crippen molar-refractivity contribution in [3.05, 3.63) is 18.0 Å². The van der Waals surface area contributed by atoms with Gasteiger partial charge in [0.15, 0.2) is 0 Å². The van der Waals surface area contributed by atoms with Gasteiger partial charge >= 0.3 is 0 Å². The Bertz CT molecular complexity index is 257. The zero-order valence-electron chi connectivity index (χ0n) is 8.75. The first-order valence-corrected chi connectivity index (χ1v) is 4.78. The van der Waals surface area contributed by atoms with Gasteiger partial charge in [-0.05, 0) is 45.7 Å². The molecule has 0 bridgehead atoms. The Morgan fingerprint density at radius 1 is 1.46 bits per heavy atom. The van der Waals surface area contributed by atoms with Crippen molar-refractivity contribution in [2.45, 2.75) is 39.2 Å². The molecule has 0 saturated carbocycles. The Hall–Kier alpha value is -0.830. The third kappa shape index (κ3) is 2.84. The van der Waals surface area contributed by atoms with E-state index in [9.17, 15) is 0 Å². The molecule has 1 aromatic rings. The van der Waals surface area contributed by atoms with Gasteiger partial charge in [0.05, 0.1) is 11.7 Å². The average Bonchev–Trinajstić information content (AvgIpc) is 2.47. The Morgan fingerprint density at radius 2 is 2.15 bits per heavy atom. The van der Waals surface area contributed by atoms with Gasteiger partial charge in [0.2, 0.25) is 0 Å². The molecule has 3 nitrogen and oxygen atoms in total. The number of aromatic nitrogens is 2. The van der Waals surface area contributed by atoms with Crippen molar-refractivity contribution in [2.24, 2.45) is 5.73 Å². The molecular formula is C10H19N3. The highest BCUT2D eigenvalue weighted by Gasteiger charge is 2.13. The van der Waals surface area contributed by atoms with Gasteiger partial charge in [0, 0.05) is 6.20 Å². The first-order chi connectivity index (χ1) is 6.04. The number of hydrogen-bond donors (Lipinski definition) is 1. The lowest BCUT2D eigenvalue weighted by Gasteiger charge is -2.18. The first kappa shape index (κ1) is 10.3. The minimum Gasteiger partial charge on any atom is -0.330 e. The second kappa shape index (κ2) is 3.92. The van der Waals surface area contributed by atoms with Crippen molar-refractivity contribution < 1.29 is 0 Å². The van der Waals surface area contributed by atoms with Crippen molar-refractivity contribution in [1.82, 2.24) is 9.78 Å². The fourth-order valence-corrected chi connectivity index (χ4v) is 1.16. The minimum atomic E-state index is 0.0843. The number of nitrogens with two attached hydrogens (primary N) is 1. The molecule has 1 aromatic heterocycles. The second-order valence-electron chi connectivity index (χ2n) is 4.36. The average molecular weight is 181 g/mol. The molecular weight excluding hydrogens is 162 g/mol. The Balaban J connectivity index is 2.64. The smallest absolute Gasteiger partial charge is 0.0543 e. The van der Waals surface area contributed by atoms with E-state index in [1.165, 1.54) is 5.56 Å². The van der Waals surface area contributed by atoms with E-state index in [2.05, 4.69) is 32.1 Å². The van der Waals surface area contributed by atoms with Gasteiger partial charge in [-0.15, -0.1) is 0 Å². The molecule has 13 heavy (non-hydrogen) atoms. The topological polar surface area (TPSA) is 43.8 Å². The third-order valence-corrected chi connectivity index (χ3v) is 1.99. The molecule has 0 amide bonds. The monoisotopic (exact) mass is 181 g/mol. The summed E-state index contributed by atoms with van der Waals surface area (Å²) < 4.78 is 2.00. The highest BCUT2D eigenvalue weighted by molar-refractivity contribution is 5.05. The van der Waals surface area contributed by atoms with Crippen molar-refractivity contribution in [3.63, 3.8) is 0 Å². The molecule has 1 heterocycles. The van der Waals surface area contributed by atoms with Crippen LogP contribution in [-0.2, 0) is 12.0 Å². The van der Waals surface area contributed by atoms with Crippen LogP contribution < -0.4 is 5.73 Å². The summed E-state index contributed by atoms with van der Waals surface area (Å²) in [6.07, 6.45) is 6.11. The minimum absolute atomic E-state index is 0.0843. The first-order valence-electron chi connectivity index (χ1n) is 4.78. The summed E-state index contributed by atoms with van der Waals surface area (Å²) in [5.74, 6) is 0. The van der Waals surface area contributed by atoms with Gasteiger partial charge in [-0.3, -0.25) is 4.68 Å². The van der Waals surface area contributed by atoms with Crippen molar-refractivity contribution in [2.75, 3.05) is 6.54 Å². The van der Waals surface area contributed by atoms with Crippen LogP contribution in [0.5, 0.6) is 0 Å². The zero-order valence-corrected chi connectivity index (χ0v) is 8.75. The molecule has 0 spiro atoms. The molecule has 1 rings (SSSR count). The lowest BCUT2D eigenvalue weighted by molar-refractivity contribution is 0.355. The van der Waals surface area contributed by atoms with Gasteiger partial charge < -0.3 is 5.73 Å². The molecule has 0 aliphatic heterocycles. The standard InChI is InChI=1S/C10H19N3/c1-10(2,3)13-8-9(7-12-13)5-4-6-11/h7-8H,4-6,11H2,1-3H3. The second-order valence-corrected chi connectivity index (χ2v) is 4.36. The van der Waals surface area contributed by atoms with Gasteiger partial charge in [-0.2, -0.15) is 5.10 Å². The van der Waals surface area contributed by atoms with Crippen LogP contribution in [0.4, 0.5) is 0 Å². The predicted octanol–water partition coefficient (Wildman–Crippen LogP) is 1.53. The highest BCUT2D eigenvalue weighted by atomic mass is 15.3. The van der Waals surface area contributed by atoms with Crippen molar-refractivity contribution in [3.8, 4) is 0 Å². The number of nitrogens with zero attached hydrogens (tertiary/aromatic N) is 2. The molecule has 0 radical (unpaired) electrons. The maximum atomic E-state index is 5.44. The maximum absolute atomic E-state index is 5.44. The SMILES string of the molecule is CC(C)(C)n1cc(CCCN)cn1. The van der Waals surface area contributed by atoms with E-state index >= 15 is 0 Å². The normalized spacial score (nSPS) is 12.0. The number of aryl methyl sites for hydroxylation is 1. The lowest BCUT2D eigenvalue weighted by atomic mass is 10.1. The van der Waals surface area contributed by atoms with Crippen LogP contribution >= 0.6 is 0 Å². The number of rotatable bonds is 3. The van der Waals surface area contributed by atoms with Crippen LogP contribution in [0.15, 0.2) is 12.4 Å². The van der Waals surface area contributed by atoms with Crippen LogP contribution in [0.2, 0.25) is 0 Å². The van der Waals surface area contributed by atoms with Crippen molar-refractivity contribution in [1.29, 1.82) is 0 Å². The molecule has 0 fully saturated rings. The zero-order chi connectivity index (χ0) is 9.90. The highest BCUT2D eigenvalue weighted by Crippen LogP contribution is 2.13. The molecule has 2 N–H and O–H groups in total. The summed E-state index contributed by atoms with van der Waals surface area (Å²) in [6, 6.07) is 0. The summed E-state index contributed by atoms with van der Waals surface area (Å²) >= 11 is 0. The quantitative estimate of drug-likeness (QED) is 0.768. The third-order valence-electron chi connectivity index (χ3n) is 1.99. The summed E-state index contributed by atoms with van der Waals surface area (Å²) in [4.78, 5) is 0. The summed E-state index contributed by atoms with van der Waals surface area (Å²) in [5.41, 5.74) is 6.80. The summed E-state index contributed by atoms with van der Waals surface area (Å²) in [6.45, 7) is 7.19. The van der Waals surface area contributed by atoms with Crippen LogP contribution in [0.25, 0.3) is 0 Å². The van der Waals surface area contributed by atoms with Gasteiger partial charge in [0.25, 0.3) is 0 Å². The van der Waals surface area contributed by atoms with Crippen LogP contribution in [0.3, 0.4) is 0 Å². The van der Waals surface area contributed by atoms with Gasteiger partial charge in [-0.25, -0.2) is 0 Å². The Labute approximate surface area is 79.9 Å². The van der Waals surface area contributed by atoms with E-state index in [0.717, 1.165) is 19.4 Å². The van der Waals surface area contributed by atoms with E-state index in [1.807, 2.05) is 10.9 Å². The van der Waals surface area contributed by atoms with Gasteiger partial charge in [-0.1, -0.05) is 0 Å². The van der Waals surface area contributed by atoms with E-state index in [1.54, 1.807) is 0 Å². The Morgan fingerprint density at radius 3 is 2.62 bits per heavy atom. The molecule has 74 valence electrons. The van der Waals surface area contributed by atoms with E-state index in [4.69, 9.17) is 5.73 Å². The molecule has 0 saturated heterocycles. The molecule has 3 heteroatoms. The summed E-state index contributed by atoms with van der Waals surface area (Å²) in [5, 5.41) is 4.32. The Kier molecular flexibility index (Phi) is 3.09. The summed E-state index contributed by atoms with van der Waals surface area (Å²) in [7, 11) is 0. The molecule has 0 aliphatic rings. The van der Waals surface area contributed by atoms with Gasteiger partial charge in [0.1, 0.15) is 0 Å². The molecule has 0 aliphatic carbocycles. The lowest BCUT2D eigenvalue weighted by Crippen LogP contribution is -2.21. The van der Waals surface area contributed by atoms with E-state index in [0.29, 0.717) is 0 Å². The van der Waals surface area contributed by atoms with Crippen LogP contribution in [-0.4, -0.2) is 16.3 Å². The molecule has 0 unspecified atom stereocenters. The van der Waals surface area contributed by atoms with Crippen molar-refractivity contribution >= 4 is 0 Å².